The van der Waals surface area contributed by atoms with E-state index in [0.29, 0.717) is 36.8 Å². The zero-order chi connectivity index (χ0) is 16.4. The molecule has 1 aliphatic rings. The predicted octanol–water partition coefficient (Wildman–Crippen LogP) is 1.80. The Morgan fingerprint density at radius 1 is 1.61 bits per heavy atom. The molecule has 0 spiro atoms. The third kappa shape index (κ3) is 2.98. The van der Waals surface area contributed by atoms with Crippen molar-refractivity contribution in [2.75, 3.05) is 18.5 Å². The lowest BCUT2D eigenvalue weighted by Crippen LogP contribution is -2.39. The van der Waals surface area contributed by atoms with E-state index in [9.17, 15) is 4.79 Å². The minimum Gasteiger partial charge on any atom is -0.338 e. The van der Waals surface area contributed by atoms with E-state index in [2.05, 4.69) is 16.2 Å². The molecule has 120 valence electrons. The number of hydrogen-bond acceptors (Lipinski definition) is 7. The number of thiophene rings is 1. The molecule has 8 heteroatoms. The molecule has 0 aromatic carbocycles. The van der Waals surface area contributed by atoms with Gasteiger partial charge in [-0.15, -0.1) is 11.3 Å². The second-order valence-electron chi connectivity index (χ2n) is 5.42. The molecule has 23 heavy (non-hydrogen) atoms. The highest BCUT2D eigenvalue weighted by Gasteiger charge is 2.37. The first kappa shape index (κ1) is 15.6. The summed E-state index contributed by atoms with van der Waals surface area (Å²) in [5, 5.41) is 15.6. The van der Waals surface area contributed by atoms with Crippen LogP contribution in [0.3, 0.4) is 0 Å². The van der Waals surface area contributed by atoms with E-state index in [0.717, 1.165) is 11.4 Å². The average molecular weight is 331 g/mol. The van der Waals surface area contributed by atoms with Gasteiger partial charge in [-0.25, -0.2) is 0 Å². The molecular weight excluding hydrogens is 314 g/mol. The summed E-state index contributed by atoms with van der Waals surface area (Å²) in [5.74, 6) is 1.20. The summed E-state index contributed by atoms with van der Waals surface area (Å²) in [4.78, 5) is 20.6. The quantitative estimate of drug-likeness (QED) is 0.830. The number of carbonyl (C=O) groups excluding carboxylic acids is 1. The number of aryl methyl sites for hydroxylation is 1. The van der Waals surface area contributed by atoms with Crippen molar-refractivity contribution in [3.8, 4) is 6.07 Å². The minimum absolute atomic E-state index is 0.0154. The molecule has 7 nitrogen and oxygen atoms in total. The van der Waals surface area contributed by atoms with E-state index >= 15 is 0 Å². The highest BCUT2D eigenvalue weighted by Crippen LogP contribution is 2.32. The van der Waals surface area contributed by atoms with Crippen molar-refractivity contribution < 1.29 is 9.32 Å². The SMILES string of the molecule is CCc1noc(CN(C)[C@H]2CCN(c3sccc3C#N)C2=O)n1. The topological polar surface area (TPSA) is 86.3 Å². The lowest BCUT2D eigenvalue weighted by atomic mass is 10.2. The fraction of sp³-hybridized carbons (Fsp3) is 0.467. The summed E-state index contributed by atoms with van der Waals surface area (Å²) >= 11 is 1.42. The maximum absolute atomic E-state index is 12.7. The van der Waals surface area contributed by atoms with Crippen LogP contribution >= 0.6 is 11.3 Å². The molecule has 0 bridgehead atoms. The van der Waals surface area contributed by atoms with Gasteiger partial charge in [0.05, 0.1) is 18.2 Å². The van der Waals surface area contributed by atoms with E-state index in [-0.39, 0.29) is 11.9 Å². The van der Waals surface area contributed by atoms with Gasteiger partial charge < -0.3 is 9.42 Å². The molecular formula is C15H17N5O2S. The highest BCUT2D eigenvalue weighted by atomic mass is 32.1. The Balaban J connectivity index is 1.70. The van der Waals surface area contributed by atoms with E-state index in [1.54, 1.807) is 11.0 Å². The summed E-state index contributed by atoms with van der Waals surface area (Å²) < 4.78 is 5.19. The maximum atomic E-state index is 12.7. The number of carbonyl (C=O) groups is 1. The third-order valence-electron chi connectivity index (χ3n) is 3.93. The molecule has 0 aliphatic carbocycles. The summed E-state index contributed by atoms with van der Waals surface area (Å²) in [6.45, 7) is 3.02. The van der Waals surface area contributed by atoms with Crippen molar-refractivity contribution in [3.63, 3.8) is 0 Å². The van der Waals surface area contributed by atoms with Crippen LogP contribution in [0.5, 0.6) is 0 Å². The van der Waals surface area contributed by atoms with Crippen molar-refractivity contribution >= 4 is 22.2 Å². The second-order valence-corrected chi connectivity index (χ2v) is 6.31. The first-order chi connectivity index (χ1) is 11.1. The minimum atomic E-state index is -0.236. The molecule has 1 aliphatic heterocycles. The molecule has 3 heterocycles. The first-order valence-electron chi connectivity index (χ1n) is 7.44. The standard InChI is InChI=1S/C15H17N5O2S/c1-3-12-17-13(22-18-12)9-19(2)11-4-6-20(14(11)21)15-10(8-16)5-7-23-15/h5,7,11H,3-4,6,9H2,1-2H3/t11-/m0/s1. The normalized spacial score (nSPS) is 17.9. The Morgan fingerprint density at radius 2 is 2.43 bits per heavy atom. The van der Waals surface area contributed by atoms with E-state index < -0.39 is 0 Å². The van der Waals surface area contributed by atoms with Gasteiger partial charge in [0, 0.05) is 13.0 Å². The Hall–Kier alpha value is -2.24. The molecule has 0 radical (unpaired) electrons. The van der Waals surface area contributed by atoms with Gasteiger partial charge in [-0.2, -0.15) is 10.2 Å². The first-order valence-corrected chi connectivity index (χ1v) is 8.32. The Kier molecular flexibility index (Phi) is 4.41. The summed E-state index contributed by atoms with van der Waals surface area (Å²) in [7, 11) is 1.88. The number of amides is 1. The van der Waals surface area contributed by atoms with Crippen molar-refractivity contribution in [3.05, 3.63) is 28.7 Å². The number of rotatable bonds is 5. The average Bonchev–Trinajstić information content (AvgIpc) is 3.25. The molecule has 1 fully saturated rings. The lowest BCUT2D eigenvalue weighted by Gasteiger charge is -2.21. The van der Waals surface area contributed by atoms with Gasteiger partial charge in [-0.3, -0.25) is 9.69 Å². The zero-order valence-corrected chi connectivity index (χ0v) is 13.8. The number of hydrogen-bond donors (Lipinski definition) is 0. The highest BCUT2D eigenvalue weighted by molar-refractivity contribution is 7.14. The Labute approximate surface area is 138 Å². The molecule has 1 atom stereocenters. The van der Waals surface area contributed by atoms with Crippen LogP contribution < -0.4 is 4.90 Å². The number of aromatic nitrogens is 2. The third-order valence-corrected chi connectivity index (χ3v) is 4.87. The monoisotopic (exact) mass is 331 g/mol. The van der Waals surface area contributed by atoms with Gasteiger partial charge in [0.2, 0.25) is 11.8 Å². The van der Waals surface area contributed by atoms with Gasteiger partial charge in [0.15, 0.2) is 5.82 Å². The van der Waals surface area contributed by atoms with E-state index in [1.165, 1.54) is 11.3 Å². The van der Waals surface area contributed by atoms with Crippen molar-refractivity contribution in [2.24, 2.45) is 0 Å². The van der Waals surface area contributed by atoms with Crippen LogP contribution in [0.25, 0.3) is 0 Å². The molecule has 0 saturated carbocycles. The van der Waals surface area contributed by atoms with Gasteiger partial charge in [0.1, 0.15) is 11.1 Å². The second kappa shape index (κ2) is 6.48. The zero-order valence-electron chi connectivity index (χ0n) is 13.0. The van der Waals surface area contributed by atoms with Crippen LogP contribution in [0, 0.1) is 11.3 Å². The van der Waals surface area contributed by atoms with Crippen LogP contribution in [-0.4, -0.2) is 40.6 Å². The van der Waals surface area contributed by atoms with Gasteiger partial charge in [-0.1, -0.05) is 12.1 Å². The van der Waals surface area contributed by atoms with Crippen molar-refractivity contribution in [2.45, 2.75) is 32.4 Å². The van der Waals surface area contributed by atoms with Crippen LogP contribution in [0.15, 0.2) is 16.0 Å². The smallest absolute Gasteiger partial charge is 0.245 e. The molecule has 0 unspecified atom stereocenters. The number of nitrogens with zero attached hydrogens (tertiary/aromatic N) is 5. The fourth-order valence-corrected chi connectivity index (χ4v) is 3.57. The lowest BCUT2D eigenvalue weighted by molar-refractivity contribution is -0.121. The van der Waals surface area contributed by atoms with Gasteiger partial charge >= 0.3 is 0 Å². The van der Waals surface area contributed by atoms with E-state index in [4.69, 9.17) is 9.78 Å². The van der Waals surface area contributed by atoms with Crippen molar-refractivity contribution in [1.82, 2.24) is 15.0 Å². The number of likely N-dealkylation sites (N-methyl/N-ethyl adjacent to an activating group) is 1. The maximum Gasteiger partial charge on any atom is 0.245 e. The van der Waals surface area contributed by atoms with Gasteiger partial charge in [0.25, 0.3) is 0 Å². The summed E-state index contributed by atoms with van der Waals surface area (Å²) in [6.07, 6.45) is 1.44. The van der Waals surface area contributed by atoms with E-state index in [1.807, 2.05) is 24.3 Å². The molecule has 2 aromatic heterocycles. The Bertz CT molecular complexity index is 747. The van der Waals surface area contributed by atoms with Gasteiger partial charge in [-0.05, 0) is 24.9 Å². The molecule has 2 aromatic rings. The van der Waals surface area contributed by atoms with Crippen molar-refractivity contribution in [1.29, 1.82) is 5.26 Å². The Morgan fingerprint density at radius 3 is 3.13 bits per heavy atom. The predicted molar refractivity (Wildman–Crippen MR) is 84.9 cm³/mol. The van der Waals surface area contributed by atoms with Crippen LogP contribution in [0.4, 0.5) is 5.00 Å². The largest absolute Gasteiger partial charge is 0.338 e. The molecule has 0 N–H and O–H groups in total. The van der Waals surface area contributed by atoms with Crippen LogP contribution in [0.2, 0.25) is 0 Å². The molecule has 3 rings (SSSR count). The fourth-order valence-electron chi connectivity index (χ4n) is 2.69. The van der Waals surface area contributed by atoms with Crippen LogP contribution in [0.1, 0.15) is 30.6 Å². The van der Waals surface area contributed by atoms with Crippen LogP contribution in [-0.2, 0) is 17.8 Å². The summed E-state index contributed by atoms with van der Waals surface area (Å²) in [6, 6.07) is 3.65. The molecule has 1 amide bonds. The number of anilines is 1. The summed E-state index contributed by atoms with van der Waals surface area (Å²) in [5.41, 5.74) is 0.552. The molecule has 1 saturated heterocycles. The number of nitriles is 1.